The molecular formula is C25H28N4O2S2. The molecule has 0 N–H and O–H groups in total. The van der Waals surface area contributed by atoms with E-state index in [4.69, 9.17) is 4.98 Å². The van der Waals surface area contributed by atoms with Crippen LogP contribution in [0.4, 0.5) is 0 Å². The highest BCUT2D eigenvalue weighted by atomic mass is 32.2. The van der Waals surface area contributed by atoms with Crippen molar-refractivity contribution in [2.75, 3.05) is 0 Å². The lowest BCUT2D eigenvalue weighted by Crippen LogP contribution is -2.26. The topological polar surface area (TPSA) is 69.3 Å². The number of hydrogen-bond donors (Lipinski definition) is 0. The molecule has 4 aromatic rings. The quantitative estimate of drug-likeness (QED) is 0.302. The molecule has 0 amide bonds. The third-order valence-electron chi connectivity index (χ3n) is 6.21. The van der Waals surface area contributed by atoms with Crippen LogP contribution in [0.5, 0.6) is 0 Å². The van der Waals surface area contributed by atoms with Crippen LogP contribution in [0.2, 0.25) is 0 Å². The van der Waals surface area contributed by atoms with Crippen LogP contribution in [0.25, 0.3) is 15.9 Å². The maximum Gasteiger partial charge on any atom is 0.263 e. The Morgan fingerprint density at radius 1 is 1.24 bits per heavy atom. The van der Waals surface area contributed by atoms with Gasteiger partial charge in [-0.2, -0.15) is 0 Å². The van der Waals surface area contributed by atoms with Crippen LogP contribution in [0.15, 0.2) is 39.0 Å². The minimum absolute atomic E-state index is 0.0745. The Morgan fingerprint density at radius 3 is 2.85 bits per heavy atom. The zero-order valence-corrected chi connectivity index (χ0v) is 21.1. The van der Waals surface area contributed by atoms with Gasteiger partial charge in [-0.05, 0) is 55.7 Å². The molecule has 0 spiro atoms. The van der Waals surface area contributed by atoms with E-state index in [0.717, 1.165) is 35.2 Å². The smallest absolute Gasteiger partial charge is 0.263 e. The molecule has 172 valence electrons. The highest BCUT2D eigenvalue weighted by molar-refractivity contribution is 7.98. The van der Waals surface area contributed by atoms with Crippen LogP contribution in [0.1, 0.15) is 49.0 Å². The fraction of sp³-hybridized carbons (Fsp3) is 0.440. The number of nitrogens with zero attached hydrogens (tertiary/aromatic N) is 4. The number of aryl methyl sites for hydroxylation is 2. The molecule has 1 atom stereocenters. The summed E-state index contributed by atoms with van der Waals surface area (Å²) < 4.78 is 3.45. The van der Waals surface area contributed by atoms with E-state index in [1.165, 1.54) is 22.2 Å². The second-order valence-corrected chi connectivity index (χ2v) is 11.5. The van der Waals surface area contributed by atoms with Crippen molar-refractivity contribution in [3.8, 4) is 0 Å². The zero-order valence-electron chi connectivity index (χ0n) is 19.4. The molecule has 4 aromatic heterocycles. The first-order chi connectivity index (χ1) is 15.8. The molecule has 1 unspecified atom stereocenters. The molecule has 1 aliphatic rings. The number of thiophene rings is 1. The van der Waals surface area contributed by atoms with Gasteiger partial charge in [-0.15, -0.1) is 11.3 Å². The van der Waals surface area contributed by atoms with Gasteiger partial charge in [0.2, 0.25) is 0 Å². The second-order valence-electron chi connectivity index (χ2n) is 9.47. The molecule has 0 saturated heterocycles. The van der Waals surface area contributed by atoms with Gasteiger partial charge in [0, 0.05) is 28.9 Å². The van der Waals surface area contributed by atoms with E-state index in [2.05, 4.69) is 25.8 Å². The molecule has 8 heteroatoms. The molecular weight excluding hydrogens is 452 g/mol. The third-order valence-corrected chi connectivity index (χ3v) is 8.37. The number of thioether (sulfide) groups is 1. The summed E-state index contributed by atoms with van der Waals surface area (Å²) >= 11 is 3.17. The van der Waals surface area contributed by atoms with Gasteiger partial charge in [0.15, 0.2) is 5.16 Å². The highest BCUT2D eigenvalue weighted by Gasteiger charge is 2.25. The molecule has 0 aliphatic heterocycles. The molecule has 0 bridgehead atoms. The first kappa shape index (κ1) is 22.3. The van der Waals surface area contributed by atoms with Gasteiger partial charge in [0.1, 0.15) is 10.5 Å². The first-order valence-electron chi connectivity index (χ1n) is 11.5. The van der Waals surface area contributed by atoms with Crippen molar-refractivity contribution < 1.29 is 0 Å². The van der Waals surface area contributed by atoms with Crippen molar-refractivity contribution in [1.82, 2.24) is 18.9 Å². The molecule has 0 fully saturated rings. The van der Waals surface area contributed by atoms with Crippen molar-refractivity contribution in [2.45, 2.75) is 64.4 Å². The number of rotatable bonds is 5. The summed E-state index contributed by atoms with van der Waals surface area (Å²) in [5.41, 5.74) is 3.40. The van der Waals surface area contributed by atoms with Gasteiger partial charge in [-0.25, -0.2) is 9.97 Å². The lowest BCUT2D eigenvalue weighted by molar-refractivity contribution is 0.474. The lowest BCUT2D eigenvalue weighted by atomic mass is 9.89. The summed E-state index contributed by atoms with van der Waals surface area (Å²) in [5, 5.41) is 1.53. The summed E-state index contributed by atoms with van der Waals surface area (Å²) in [4.78, 5) is 38.1. The van der Waals surface area contributed by atoms with Crippen LogP contribution >= 0.6 is 23.1 Å². The summed E-state index contributed by atoms with van der Waals surface area (Å²) in [6, 6.07) is 7.24. The number of fused-ring (bicyclic) bond motifs is 4. The van der Waals surface area contributed by atoms with Crippen LogP contribution < -0.4 is 11.1 Å². The van der Waals surface area contributed by atoms with Gasteiger partial charge in [-0.3, -0.25) is 18.6 Å². The maximum atomic E-state index is 13.6. The average Bonchev–Trinajstić information content (AvgIpc) is 3.11. The van der Waals surface area contributed by atoms with Crippen molar-refractivity contribution in [3.05, 3.63) is 66.8 Å². The van der Waals surface area contributed by atoms with Crippen molar-refractivity contribution in [1.29, 1.82) is 0 Å². The Morgan fingerprint density at radius 2 is 2.06 bits per heavy atom. The van der Waals surface area contributed by atoms with Crippen LogP contribution in [0.3, 0.4) is 0 Å². The molecule has 33 heavy (non-hydrogen) atoms. The minimum atomic E-state index is -0.0864. The lowest BCUT2D eigenvalue weighted by Gasteiger charge is -2.18. The third kappa shape index (κ3) is 4.15. The van der Waals surface area contributed by atoms with E-state index in [-0.39, 0.29) is 11.1 Å². The van der Waals surface area contributed by atoms with Crippen LogP contribution in [-0.2, 0) is 25.1 Å². The predicted octanol–water partition coefficient (Wildman–Crippen LogP) is 4.85. The molecule has 0 radical (unpaired) electrons. The Kier molecular flexibility index (Phi) is 5.91. The van der Waals surface area contributed by atoms with Crippen molar-refractivity contribution in [3.63, 3.8) is 0 Å². The van der Waals surface area contributed by atoms with E-state index in [9.17, 15) is 9.59 Å². The summed E-state index contributed by atoms with van der Waals surface area (Å²) in [7, 11) is 0. The van der Waals surface area contributed by atoms with Gasteiger partial charge in [0.05, 0.1) is 11.1 Å². The summed E-state index contributed by atoms with van der Waals surface area (Å²) in [6.45, 7) is 9.03. The Bertz CT molecular complexity index is 1480. The zero-order chi connectivity index (χ0) is 23.3. The van der Waals surface area contributed by atoms with Gasteiger partial charge < -0.3 is 0 Å². The van der Waals surface area contributed by atoms with Gasteiger partial charge in [0.25, 0.3) is 11.1 Å². The van der Waals surface area contributed by atoms with Crippen molar-refractivity contribution in [2.24, 2.45) is 11.8 Å². The monoisotopic (exact) mass is 480 g/mol. The molecule has 4 heterocycles. The minimum Gasteiger partial charge on any atom is -0.287 e. The second kappa shape index (κ2) is 8.72. The maximum absolute atomic E-state index is 13.6. The molecule has 0 saturated carbocycles. The standard InChI is InChI=1S/C25H28N4O2S2/c1-14(2)12-28-24(31)22-18-9-8-15(3)10-19(18)33-23(22)27-25(28)32-13-17-11-21(30)29-16(4)6-5-7-20(29)26-17/h5-7,11,14-15H,8-10,12-13H2,1-4H3. The van der Waals surface area contributed by atoms with Crippen molar-refractivity contribution >= 4 is 39.0 Å². The molecule has 1 aliphatic carbocycles. The normalized spacial score (nSPS) is 16.1. The summed E-state index contributed by atoms with van der Waals surface area (Å²) in [6.07, 6.45) is 3.13. The van der Waals surface area contributed by atoms with E-state index in [1.54, 1.807) is 21.8 Å². The van der Waals surface area contributed by atoms with E-state index in [1.807, 2.05) is 29.7 Å². The fourth-order valence-corrected chi connectivity index (χ4v) is 6.94. The first-order valence-corrected chi connectivity index (χ1v) is 13.3. The number of hydrogen-bond acceptors (Lipinski definition) is 6. The fourth-order valence-electron chi connectivity index (χ4n) is 4.62. The largest absolute Gasteiger partial charge is 0.287 e. The Balaban J connectivity index is 1.55. The van der Waals surface area contributed by atoms with Crippen LogP contribution in [-0.4, -0.2) is 18.9 Å². The Labute approximate surface area is 200 Å². The average molecular weight is 481 g/mol. The SMILES string of the molecule is Cc1cccc2nc(CSc3nc4sc5c(c4c(=O)n3CC(C)C)CCC(C)C5)cc(=O)n12. The number of pyridine rings is 1. The number of aromatic nitrogens is 4. The van der Waals surface area contributed by atoms with E-state index >= 15 is 0 Å². The molecule has 5 rings (SSSR count). The summed E-state index contributed by atoms with van der Waals surface area (Å²) in [5.74, 6) is 1.46. The predicted molar refractivity (Wildman–Crippen MR) is 136 cm³/mol. The molecule has 6 nitrogen and oxygen atoms in total. The van der Waals surface area contributed by atoms with E-state index in [0.29, 0.717) is 40.6 Å². The Hall–Kier alpha value is -2.45. The molecule has 0 aromatic carbocycles. The van der Waals surface area contributed by atoms with Gasteiger partial charge in [-0.1, -0.05) is 38.6 Å². The van der Waals surface area contributed by atoms with Crippen LogP contribution in [0, 0.1) is 18.8 Å². The van der Waals surface area contributed by atoms with E-state index < -0.39 is 0 Å². The highest BCUT2D eigenvalue weighted by Crippen LogP contribution is 2.36. The van der Waals surface area contributed by atoms with Gasteiger partial charge >= 0.3 is 0 Å².